The highest BCUT2D eigenvalue weighted by atomic mass is 32.2. The minimum Gasteiger partial charge on any atom is -0.341 e. The number of halogens is 1. The number of hydrogen-bond donors (Lipinski definition) is 0. The summed E-state index contributed by atoms with van der Waals surface area (Å²) in [6, 6.07) is 12.1. The molecule has 0 bridgehead atoms. The van der Waals surface area contributed by atoms with E-state index in [9.17, 15) is 12.8 Å². The van der Waals surface area contributed by atoms with Gasteiger partial charge in [-0.15, -0.1) is 0 Å². The zero-order valence-electron chi connectivity index (χ0n) is 18.3. The molecule has 0 N–H and O–H groups in total. The van der Waals surface area contributed by atoms with Crippen LogP contribution in [0.3, 0.4) is 0 Å². The number of aryl methyl sites for hydroxylation is 1. The standard InChI is InChI=1S/C26H29FN2O2S/c27-20-10-12-21(13-11-20)32(30,31)29-16-15-28-24-14-9-19(18-5-2-1-3-6-18)17-23(24)22-7-4-8-25(29)26(22)28/h9-14,17-18,25H,1-8,15-16H2/t25-/m0/s1. The Balaban J connectivity index is 1.43. The molecule has 168 valence electrons. The summed E-state index contributed by atoms with van der Waals surface area (Å²) in [5, 5.41) is 1.33. The second-order valence-corrected chi connectivity index (χ2v) is 11.5. The first kappa shape index (κ1) is 20.4. The third kappa shape index (κ3) is 3.14. The van der Waals surface area contributed by atoms with Gasteiger partial charge >= 0.3 is 0 Å². The Morgan fingerprint density at radius 3 is 2.44 bits per heavy atom. The number of nitrogens with zero attached hydrogens (tertiary/aromatic N) is 2. The maximum absolute atomic E-state index is 13.5. The molecule has 0 radical (unpaired) electrons. The Labute approximate surface area is 189 Å². The first-order valence-corrected chi connectivity index (χ1v) is 13.4. The molecule has 2 heterocycles. The van der Waals surface area contributed by atoms with Crippen LogP contribution in [0.4, 0.5) is 4.39 Å². The predicted molar refractivity (Wildman–Crippen MR) is 124 cm³/mol. The fourth-order valence-corrected chi connectivity index (χ4v) is 7.92. The summed E-state index contributed by atoms with van der Waals surface area (Å²) in [4.78, 5) is 0.176. The number of hydrogen-bond acceptors (Lipinski definition) is 2. The third-order valence-electron chi connectivity index (χ3n) is 7.84. The molecule has 0 amide bonds. The van der Waals surface area contributed by atoms with Crippen LogP contribution in [0.1, 0.15) is 73.7 Å². The number of aromatic nitrogens is 1. The zero-order valence-corrected chi connectivity index (χ0v) is 19.1. The smallest absolute Gasteiger partial charge is 0.243 e. The lowest BCUT2D eigenvalue weighted by molar-refractivity contribution is 0.243. The molecule has 3 aromatic rings. The quantitative estimate of drug-likeness (QED) is 0.496. The van der Waals surface area contributed by atoms with Crippen molar-refractivity contribution in [1.82, 2.24) is 8.87 Å². The lowest BCUT2D eigenvalue weighted by Gasteiger charge is -2.39. The van der Waals surface area contributed by atoms with E-state index in [1.54, 1.807) is 4.31 Å². The van der Waals surface area contributed by atoms with Gasteiger partial charge in [-0.25, -0.2) is 12.8 Å². The monoisotopic (exact) mass is 452 g/mol. The highest BCUT2D eigenvalue weighted by Crippen LogP contribution is 2.45. The van der Waals surface area contributed by atoms with Gasteiger partial charge in [-0.3, -0.25) is 0 Å². The highest BCUT2D eigenvalue weighted by Gasteiger charge is 2.40. The van der Waals surface area contributed by atoms with Crippen molar-refractivity contribution in [3.05, 3.63) is 65.1 Å². The summed E-state index contributed by atoms with van der Waals surface area (Å²) in [6.07, 6.45) is 9.37. The largest absolute Gasteiger partial charge is 0.341 e. The normalized spacial score (nSPS) is 22.2. The first-order valence-electron chi connectivity index (χ1n) is 12.0. The number of sulfonamides is 1. The lowest BCUT2D eigenvalue weighted by atomic mass is 9.83. The first-order chi connectivity index (χ1) is 15.5. The van der Waals surface area contributed by atoms with Gasteiger partial charge in [0.05, 0.1) is 10.9 Å². The van der Waals surface area contributed by atoms with E-state index in [-0.39, 0.29) is 10.9 Å². The molecule has 1 saturated carbocycles. The maximum atomic E-state index is 13.5. The van der Waals surface area contributed by atoms with Crippen LogP contribution >= 0.6 is 0 Å². The van der Waals surface area contributed by atoms with Crippen LogP contribution in [0.2, 0.25) is 0 Å². The fraction of sp³-hybridized carbons (Fsp3) is 0.462. The van der Waals surface area contributed by atoms with Crippen LogP contribution in [0.25, 0.3) is 10.9 Å². The molecule has 4 nitrogen and oxygen atoms in total. The van der Waals surface area contributed by atoms with Crippen molar-refractivity contribution in [2.45, 2.75) is 74.8 Å². The molecule has 1 fully saturated rings. The van der Waals surface area contributed by atoms with Crippen molar-refractivity contribution < 1.29 is 12.8 Å². The van der Waals surface area contributed by atoms with Gasteiger partial charge in [-0.2, -0.15) is 4.31 Å². The van der Waals surface area contributed by atoms with E-state index in [0.717, 1.165) is 19.3 Å². The van der Waals surface area contributed by atoms with Crippen molar-refractivity contribution in [3.63, 3.8) is 0 Å². The highest BCUT2D eigenvalue weighted by molar-refractivity contribution is 7.89. The topological polar surface area (TPSA) is 42.3 Å². The van der Waals surface area contributed by atoms with E-state index in [1.807, 2.05) is 0 Å². The van der Waals surface area contributed by atoms with E-state index in [0.29, 0.717) is 19.0 Å². The van der Waals surface area contributed by atoms with Crippen LogP contribution in [0, 0.1) is 5.82 Å². The van der Waals surface area contributed by atoms with Crippen LogP contribution in [0.5, 0.6) is 0 Å². The van der Waals surface area contributed by atoms with Gasteiger partial charge in [-0.05, 0) is 85.5 Å². The summed E-state index contributed by atoms with van der Waals surface area (Å²) < 4.78 is 44.4. The summed E-state index contributed by atoms with van der Waals surface area (Å²) >= 11 is 0. The SMILES string of the molecule is O=S(=O)(c1ccc(F)cc1)N1CCn2c3c(c4cc(C5CCCCC5)ccc42)CCC[C@@H]31. The molecule has 0 unspecified atom stereocenters. The lowest BCUT2D eigenvalue weighted by Crippen LogP contribution is -2.43. The number of benzene rings is 2. The minimum absolute atomic E-state index is 0.145. The van der Waals surface area contributed by atoms with E-state index >= 15 is 0 Å². The average Bonchev–Trinajstić information content (AvgIpc) is 3.15. The van der Waals surface area contributed by atoms with Gasteiger partial charge in [0, 0.05) is 29.7 Å². The van der Waals surface area contributed by atoms with Gasteiger partial charge in [0.15, 0.2) is 0 Å². The Kier molecular flexibility index (Phi) is 4.92. The number of fused-ring (bicyclic) bond motifs is 3. The molecule has 1 aromatic heterocycles. The summed E-state index contributed by atoms with van der Waals surface area (Å²) in [5.74, 6) is 0.239. The second-order valence-electron chi connectivity index (χ2n) is 9.60. The van der Waals surface area contributed by atoms with Crippen LogP contribution in [-0.2, 0) is 23.0 Å². The fourth-order valence-electron chi connectivity index (χ4n) is 6.31. The third-order valence-corrected chi connectivity index (χ3v) is 9.77. The summed E-state index contributed by atoms with van der Waals surface area (Å²) in [5.41, 5.74) is 5.23. The van der Waals surface area contributed by atoms with E-state index < -0.39 is 15.8 Å². The molecule has 0 saturated heterocycles. The van der Waals surface area contributed by atoms with Gasteiger partial charge in [0.25, 0.3) is 0 Å². The Morgan fingerprint density at radius 1 is 0.875 bits per heavy atom. The van der Waals surface area contributed by atoms with Gasteiger partial charge < -0.3 is 4.57 Å². The van der Waals surface area contributed by atoms with E-state index in [4.69, 9.17) is 0 Å². The molecular formula is C26H29FN2O2S. The second kappa shape index (κ2) is 7.70. The van der Waals surface area contributed by atoms with Crippen molar-refractivity contribution in [2.24, 2.45) is 0 Å². The minimum atomic E-state index is -3.68. The molecular weight excluding hydrogens is 423 g/mol. The van der Waals surface area contributed by atoms with Crippen LogP contribution < -0.4 is 0 Å². The van der Waals surface area contributed by atoms with E-state index in [2.05, 4.69) is 22.8 Å². The maximum Gasteiger partial charge on any atom is 0.243 e. The van der Waals surface area contributed by atoms with Gasteiger partial charge in [0.2, 0.25) is 10.0 Å². The molecule has 0 spiro atoms. The molecule has 2 aliphatic carbocycles. The summed E-state index contributed by atoms with van der Waals surface area (Å²) in [7, 11) is -3.68. The van der Waals surface area contributed by atoms with Crippen molar-refractivity contribution >= 4 is 20.9 Å². The molecule has 32 heavy (non-hydrogen) atoms. The van der Waals surface area contributed by atoms with Gasteiger partial charge in [0.1, 0.15) is 5.82 Å². The Hall–Kier alpha value is -2.18. The Morgan fingerprint density at radius 2 is 1.66 bits per heavy atom. The molecule has 6 heteroatoms. The predicted octanol–water partition coefficient (Wildman–Crippen LogP) is 5.91. The molecule has 3 aliphatic rings. The van der Waals surface area contributed by atoms with Crippen LogP contribution in [0.15, 0.2) is 47.4 Å². The Bertz CT molecular complexity index is 1270. The summed E-state index contributed by atoms with van der Waals surface area (Å²) in [6.45, 7) is 1.11. The molecule has 2 aromatic carbocycles. The van der Waals surface area contributed by atoms with Crippen molar-refractivity contribution in [3.8, 4) is 0 Å². The average molecular weight is 453 g/mol. The van der Waals surface area contributed by atoms with Gasteiger partial charge in [-0.1, -0.05) is 25.3 Å². The molecule has 1 aliphatic heterocycles. The zero-order chi connectivity index (χ0) is 21.9. The van der Waals surface area contributed by atoms with Crippen molar-refractivity contribution in [1.29, 1.82) is 0 Å². The van der Waals surface area contributed by atoms with Crippen molar-refractivity contribution in [2.75, 3.05) is 6.54 Å². The van der Waals surface area contributed by atoms with Crippen LogP contribution in [-0.4, -0.2) is 23.8 Å². The molecule has 1 atom stereocenters. The number of rotatable bonds is 3. The van der Waals surface area contributed by atoms with E-state index in [1.165, 1.54) is 84.1 Å². The molecule has 6 rings (SSSR count).